The molecule has 1 aliphatic rings. The molecular formula is C13H13N3O3S. The maximum Gasteiger partial charge on any atom is 0.259 e. The Morgan fingerprint density at radius 1 is 1.45 bits per heavy atom. The van der Waals surface area contributed by atoms with Crippen molar-refractivity contribution in [3.63, 3.8) is 0 Å². The molecule has 1 N–H and O–H groups in total. The van der Waals surface area contributed by atoms with Gasteiger partial charge in [-0.15, -0.1) is 11.3 Å². The quantitative estimate of drug-likeness (QED) is 0.932. The van der Waals surface area contributed by atoms with Crippen LogP contribution >= 0.6 is 11.3 Å². The van der Waals surface area contributed by atoms with Crippen LogP contribution in [0.3, 0.4) is 0 Å². The van der Waals surface area contributed by atoms with Gasteiger partial charge in [-0.2, -0.15) is 0 Å². The van der Waals surface area contributed by atoms with Crippen LogP contribution in [0.15, 0.2) is 29.9 Å². The molecule has 0 bridgehead atoms. The van der Waals surface area contributed by atoms with Crippen LogP contribution in [0.4, 0.5) is 5.13 Å². The number of carbonyl (C=O) groups is 1. The summed E-state index contributed by atoms with van der Waals surface area (Å²) in [5.41, 5.74) is 0.468. The molecule has 0 aromatic carbocycles. The summed E-state index contributed by atoms with van der Waals surface area (Å²) in [5.74, 6) is 0.273. The van der Waals surface area contributed by atoms with Gasteiger partial charge < -0.3 is 9.47 Å². The summed E-state index contributed by atoms with van der Waals surface area (Å²) < 4.78 is 10.9. The zero-order chi connectivity index (χ0) is 13.8. The van der Waals surface area contributed by atoms with Gasteiger partial charge in [0.1, 0.15) is 6.10 Å². The normalized spacial score (nSPS) is 17.9. The zero-order valence-corrected chi connectivity index (χ0v) is 11.4. The molecule has 1 saturated heterocycles. The van der Waals surface area contributed by atoms with E-state index in [-0.39, 0.29) is 12.0 Å². The van der Waals surface area contributed by atoms with Crippen molar-refractivity contribution in [2.45, 2.75) is 12.5 Å². The van der Waals surface area contributed by atoms with Crippen LogP contribution in [-0.2, 0) is 4.74 Å². The summed E-state index contributed by atoms with van der Waals surface area (Å²) in [5, 5.41) is 5.07. The number of anilines is 1. The van der Waals surface area contributed by atoms with Gasteiger partial charge in [-0.05, 0) is 6.07 Å². The summed E-state index contributed by atoms with van der Waals surface area (Å²) >= 11 is 1.37. The van der Waals surface area contributed by atoms with E-state index in [4.69, 9.17) is 9.47 Å². The maximum absolute atomic E-state index is 11.9. The van der Waals surface area contributed by atoms with Crippen molar-refractivity contribution in [2.75, 3.05) is 18.5 Å². The number of hydrogen-bond acceptors (Lipinski definition) is 6. The lowest BCUT2D eigenvalue weighted by atomic mass is 10.2. The highest BCUT2D eigenvalue weighted by atomic mass is 32.1. The van der Waals surface area contributed by atoms with Crippen molar-refractivity contribution in [2.24, 2.45) is 0 Å². The highest BCUT2D eigenvalue weighted by Crippen LogP contribution is 2.16. The fraction of sp³-hybridized carbons (Fsp3) is 0.308. The van der Waals surface area contributed by atoms with Crippen molar-refractivity contribution >= 4 is 22.4 Å². The second-order valence-corrected chi connectivity index (χ2v) is 5.17. The average molecular weight is 291 g/mol. The SMILES string of the molecule is O=C(Nc1nccs1)c1ccc(O[C@H]2CCOC2)nc1. The lowest BCUT2D eigenvalue weighted by molar-refractivity contribution is 0.102. The minimum atomic E-state index is -0.233. The van der Waals surface area contributed by atoms with Crippen LogP contribution in [0.2, 0.25) is 0 Å². The average Bonchev–Trinajstić information content (AvgIpc) is 3.13. The van der Waals surface area contributed by atoms with Gasteiger partial charge in [-0.1, -0.05) is 0 Å². The molecule has 6 nitrogen and oxygen atoms in total. The van der Waals surface area contributed by atoms with Gasteiger partial charge in [-0.3, -0.25) is 10.1 Å². The number of nitrogens with one attached hydrogen (secondary N) is 1. The lowest BCUT2D eigenvalue weighted by Gasteiger charge is -2.10. The van der Waals surface area contributed by atoms with E-state index in [1.807, 2.05) is 0 Å². The van der Waals surface area contributed by atoms with Crippen LogP contribution < -0.4 is 10.1 Å². The summed E-state index contributed by atoms with van der Waals surface area (Å²) in [7, 11) is 0. The Morgan fingerprint density at radius 2 is 2.40 bits per heavy atom. The van der Waals surface area contributed by atoms with E-state index in [1.165, 1.54) is 17.5 Å². The second kappa shape index (κ2) is 5.98. The molecule has 0 saturated carbocycles. The van der Waals surface area contributed by atoms with E-state index in [1.54, 1.807) is 23.7 Å². The van der Waals surface area contributed by atoms with E-state index >= 15 is 0 Å². The predicted octanol–water partition coefficient (Wildman–Crippen LogP) is 1.96. The van der Waals surface area contributed by atoms with Crippen molar-refractivity contribution < 1.29 is 14.3 Å². The minimum Gasteiger partial charge on any atom is -0.472 e. The number of carbonyl (C=O) groups excluding carboxylic acids is 1. The molecule has 1 atom stereocenters. The van der Waals surface area contributed by atoms with Crippen molar-refractivity contribution in [1.82, 2.24) is 9.97 Å². The number of aromatic nitrogens is 2. The summed E-state index contributed by atoms with van der Waals surface area (Å²) in [6.07, 6.45) is 4.05. The molecule has 1 aliphatic heterocycles. The summed E-state index contributed by atoms with van der Waals surface area (Å²) in [4.78, 5) is 20.1. The van der Waals surface area contributed by atoms with E-state index in [9.17, 15) is 4.79 Å². The molecule has 0 radical (unpaired) electrons. The standard InChI is InChI=1S/C13H13N3O3S/c17-12(16-13-14-4-6-20-13)9-1-2-11(15-7-9)19-10-3-5-18-8-10/h1-2,4,6-7,10H,3,5,8H2,(H,14,16,17)/t10-/m0/s1. The van der Waals surface area contributed by atoms with Gasteiger partial charge in [0.25, 0.3) is 5.91 Å². The first kappa shape index (κ1) is 13.0. The Kier molecular flexibility index (Phi) is 3.89. The largest absolute Gasteiger partial charge is 0.472 e. The minimum absolute atomic E-state index is 0.0532. The topological polar surface area (TPSA) is 73.3 Å². The molecule has 0 spiro atoms. The van der Waals surface area contributed by atoms with Crippen molar-refractivity contribution in [3.05, 3.63) is 35.5 Å². The molecule has 104 valence electrons. The first-order valence-corrected chi connectivity index (χ1v) is 7.10. The molecule has 3 heterocycles. The third kappa shape index (κ3) is 3.12. The zero-order valence-electron chi connectivity index (χ0n) is 10.6. The van der Waals surface area contributed by atoms with Gasteiger partial charge >= 0.3 is 0 Å². The van der Waals surface area contributed by atoms with Gasteiger partial charge in [0.15, 0.2) is 5.13 Å². The van der Waals surface area contributed by atoms with Gasteiger partial charge in [0.05, 0.1) is 18.8 Å². The third-order valence-corrected chi connectivity index (χ3v) is 3.52. The van der Waals surface area contributed by atoms with Crippen LogP contribution in [-0.4, -0.2) is 35.2 Å². The highest BCUT2D eigenvalue weighted by molar-refractivity contribution is 7.13. The third-order valence-electron chi connectivity index (χ3n) is 2.83. The number of rotatable bonds is 4. The van der Waals surface area contributed by atoms with E-state index < -0.39 is 0 Å². The Balaban J connectivity index is 1.61. The second-order valence-electron chi connectivity index (χ2n) is 4.28. The summed E-state index contributed by atoms with van der Waals surface area (Å²) in [6.45, 7) is 1.31. The van der Waals surface area contributed by atoms with E-state index in [0.29, 0.717) is 23.2 Å². The molecule has 7 heteroatoms. The molecule has 3 rings (SSSR count). The monoisotopic (exact) mass is 291 g/mol. The number of ether oxygens (including phenoxy) is 2. The van der Waals surface area contributed by atoms with E-state index in [2.05, 4.69) is 15.3 Å². The number of amides is 1. The fourth-order valence-corrected chi connectivity index (χ4v) is 2.34. The number of pyridine rings is 1. The Bertz CT molecular complexity index is 565. The number of hydrogen-bond donors (Lipinski definition) is 1. The summed E-state index contributed by atoms with van der Waals surface area (Å²) in [6, 6.07) is 3.37. The molecule has 0 unspecified atom stereocenters. The van der Waals surface area contributed by atoms with Crippen LogP contribution in [0.5, 0.6) is 5.88 Å². The fourth-order valence-electron chi connectivity index (χ4n) is 1.82. The van der Waals surface area contributed by atoms with Crippen LogP contribution in [0.1, 0.15) is 16.8 Å². The molecule has 0 aliphatic carbocycles. The Morgan fingerprint density at radius 3 is 3.05 bits per heavy atom. The molecule has 2 aromatic rings. The van der Waals surface area contributed by atoms with Gasteiger partial charge in [0.2, 0.25) is 5.88 Å². The van der Waals surface area contributed by atoms with Crippen LogP contribution in [0, 0.1) is 0 Å². The van der Waals surface area contributed by atoms with Crippen molar-refractivity contribution in [1.29, 1.82) is 0 Å². The first-order valence-electron chi connectivity index (χ1n) is 6.22. The maximum atomic E-state index is 11.9. The predicted molar refractivity (Wildman–Crippen MR) is 74.2 cm³/mol. The molecule has 2 aromatic heterocycles. The van der Waals surface area contributed by atoms with Crippen molar-refractivity contribution in [3.8, 4) is 5.88 Å². The lowest BCUT2D eigenvalue weighted by Crippen LogP contribution is -2.17. The molecule has 1 amide bonds. The first-order chi connectivity index (χ1) is 9.81. The number of thiazole rings is 1. The Hall–Kier alpha value is -1.99. The van der Waals surface area contributed by atoms with Gasteiger partial charge in [0, 0.05) is 30.3 Å². The van der Waals surface area contributed by atoms with Gasteiger partial charge in [-0.25, -0.2) is 9.97 Å². The molecular weight excluding hydrogens is 278 g/mol. The van der Waals surface area contributed by atoms with E-state index in [0.717, 1.165) is 13.0 Å². The van der Waals surface area contributed by atoms with Crippen LogP contribution in [0.25, 0.3) is 0 Å². The highest BCUT2D eigenvalue weighted by Gasteiger charge is 2.17. The molecule has 1 fully saturated rings. The Labute approximate surface area is 119 Å². The number of nitrogens with zero attached hydrogens (tertiary/aromatic N) is 2. The molecule has 20 heavy (non-hydrogen) atoms. The smallest absolute Gasteiger partial charge is 0.259 e.